The number of hydrogen-bond acceptors (Lipinski definition) is 4. The van der Waals surface area contributed by atoms with E-state index in [0.717, 1.165) is 11.3 Å². The molecule has 0 saturated heterocycles. The second-order valence-corrected chi connectivity index (χ2v) is 5.83. The minimum atomic E-state index is -1.43. The smallest absolute Gasteiger partial charge is 0.349 e. The van der Waals surface area contributed by atoms with Crippen LogP contribution in [0.25, 0.3) is 0 Å². The van der Waals surface area contributed by atoms with Crippen molar-refractivity contribution < 1.29 is 13.9 Å². The van der Waals surface area contributed by atoms with Gasteiger partial charge < -0.3 is 4.74 Å². The zero-order valence-electron chi connectivity index (χ0n) is 9.51. The monoisotopic (exact) mass is 309 g/mol. The third-order valence-electron chi connectivity index (χ3n) is 2.00. The largest absolute Gasteiger partial charge is 0.465 e. The molecule has 0 fully saturated rings. The fraction of sp³-hybridized carbons (Fsp3) is 0.600. The Hall–Kier alpha value is -0.490. The summed E-state index contributed by atoms with van der Waals surface area (Å²) in [6.07, 6.45) is 0. The van der Waals surface area contributed by atoms with Gasteiger partial charge in [0.15, 0.2) is 0 Å². The highest BCUT2D eigenvalue weighted by Crippen LogP contribution is 2.39. The predicted molar refractivity (Wildman–Crippen MR) is 65.0 cm³/mol. The average Bonchev–Trinajstić information content (AvgIpc) is 2.56. The Kier molecular flexibility index (Phi) is 4.07. The molecule has 0 saturated carbocycles. The Morgan fingerprint density at radius 3 is 2.62 bits per heavy atom. The number of hydrogen-bond donors (Lipinski definition) is 0. The van der Waals surface area contributed by atoms with E-state index in [-0.39, 0.29) is 0 Å². The summed E-state index contributed by atoms with van der Waals surface area (Å²) < 4.78 is 18.3. The lowest BCUT2D eigenvalue weighted by molar-refractivity contribution is 0.0605. The fourth-order valence-corrected chi connectivity index (χ4v) is 2.62. The van der Waals surface area contributed by atoms with E-state index in [4.69, 9.17) is 0 Å². The molecule has 0 amide bonds. The summed E-state index contributed by atoms with van der Waals surface area (Å²) in [5, 5.41) is 0.547. The van der Waals surface area contributed by atoms with Crippen LogP contribution in [-0.2, 0) is 4.74 Å². The molecule has 1 aromatic rings. The summed E-state index contributed by atoms with van der Waals surface area (Å²) in [7, 11) is 1.31. The van der Waals surface area contributed by atoms with E-state index in [1.54, 1.807) is 6.92 Å². The number of carbonyl (C=O) groups is 1. The molecular formula is C10H13BrFNO2S. The number of ether oxygens (including phenoxy) is 1. The molecule has 0 aliphatic rings. The van der Waals surface area contributed by atoms with Gasteiger partial charge in [-0.15, -0.1) is 11.3 Å². The summed E-state index contributed by atoms with van der Waals surface area (Å²) in [4.78, 5) is 15.4. The van der Waals surface area contributed by atoms with Crippen LogP contribution in [0.1, 0.15) is 39.0 Å². The second kappa shape index (κ2) is 4.79. The molecule has 16 heavy (non-hydrogen) atoms. The number of aryl methyl sites for hydroxylation is 1. The van der Waals surface area contributed by atoms with Crippen molar-refractivity contribution in [2.45, 2.75) is 31.3 Å². The van der Waals surface area contributed by atoms with Crippen LogP contribution in [0.5, 0.6) is 0 Å². The average molecular weight is 310 g/mol. The Morgan fingerprint density at radius 1 is 1.62 bits per heavy atom. The number of methoxy groups -OCH3 is 1. The van der Waals surface area contributed by atoms with E-state index in [1.165, 1.54) is 21.0 Å². The van der Waals surface area contributed by atoms with Crippen molar-refractivity contribution in [3.05, 3.63) is 15.6 Å². The summed E-state index contributed by atoms with van der Waals surface area (Å²) in [6, 6.07) is 0. The van der Waals surface area contributed by atoms with Gasteiger partial charge >= 0.3 is 5.97 Å². The maximum Gasteiger partial charge on any atom is 0.349 e. The van der Waals surface area contributed by atoms with Crippen LogP contribution < -0.4 is 0 Å². The second-order valence-electron chi connectivity index (χ2n) is 3.89. The molecule has 1 aromatic heterocycles. The molecule has 1 unspecified atom stereocenters. The first-order valence-corrected chi connectivity index (χ1v) is 6.39. The maximum absolute atomic E-state index is 13.7. The van der Waals surface area contributed by atoms with Gasteiger partial charge in [-0.3, -0.25) is 0 Å². The van der Waals surface area contributed by atoms with Gasteiger partial charge in [0.25, 0.3) is 0 Å². The first-order valence-electron chi connectivity index (χ1n) is 4.66. The normalized spacial score (nSPS) is 13.6. The molecule has 0 N–H and O–H groups in total. The van der Waals surface area contributed by atoms with E-state index in [1.807, 2.05) is 0 Å². The van der Waals surface area contributed by atoms with Crippen LogP contribution in [0.3, 0.4) is 0 Å². The topological polar surface area (TPSA) is 39.2 Å². The zero-order chi connectivity index (χ0) is 12.5. The molecule has 3 nitrogen and oxygen atoms in total. The standard InChI is InChI=1S/C10H13BrFNO2S/c1-5-6(9(14)15-4)16-8(13-5)7(11)10(2,3)12/h7H,1-4H3. The molecule has 0 aromatic carbocycles. The van der Waals surface area contributed by atoms with Crippen molar-refractivity contribution in [2.24, 2.45) is 0 Å². The summed E-state index contributed by atoms with van der Waals surface area (Å²) in [5.41, 5.74) is -0.863. The lowest BCUT2D eigenvalue weighted by Crippen LogP contribution is -2.18. The van der Waals surface area contributed by atoms with E-state index in [9.17, 15) is 9.18 Å². The number of rotatable bonds is 3. The van der Waals surface area contributed by atoms with Crippen molar-refractivity contribution in [2.75, 3.05) is 7.11 Å². The van der Waals surface area contributed by atoms with Gasteiger partial charge in [-0.25, -0.2) is 14.2 Å². The predicted octanol–water partition coefficient (Wildman–Crippen LogP) is 3.42. The molecule has 1 rings (SSSR count). The van der Waals surface area contributed by atoms with Crippen molar-refractivity contribution in [1.29, 1.82) is 0 Å². The highest BCUT2D eigenvalue weighted by molar-refractivity contribution is 9.09. The van der Waals surface area contributed by atoms with Gasteiger partial charge in [0.2, 0.25) is 0 Å². The zero-order valence-corrected chi connectivity index (χ0v) is 11.9. The molecule has 1 atom stereocenters. The quantitative estimate of drug-likeness (QED) is 0.634. The third kappa shape index (κ3) is 2.79. The van der Waals surface area contributed by atoms with Gasteiger partial charge in [-0.2, -0.15) is 0 Å². The number of esters is 1. The Morgan fingerprint density at radius 2 is 2.19 bits per heavy atom. The molecule has 0 aliphatic heterocycles. The van der Waals surface area contributed by atoms with Crippen LogP contribution in [0.2, 0.25) is 0 Å². The van der Waals surface area contributed by atoms with Crippen molar-refractivity contribution >= 4 is 33.2 Å². The first kappa shape index (κ1) is 13.6. The lowest BCUT2D eigenvalue weighted by Gasteiger charge is -2.18. The van der Waals surface area contributed by atoms with Gasteiger partial charge in [-0.05, 0) is 20.8 Å². The minimum Gasteiger partial charge on any atom is -0.465 e. The SMILES string of the molecule is COC(=O)c1sc(C(Br)C(C)(C)F)nc1C. The Labute approximate surface area is 106 Å². The Bertz CT molecular complexity index is 400. The number of carbonyl (C=O) groups excluding carboxylic acids is 1. The van der Waals surface area contributed by atoms with Crippen LogP contribution >= 0.6 is 27.3 Å². The molecule has 6 heteroatoms. The molecule has 0 spiro atoms. The van der Waals surface area contributed by atoms with E-state index < -0.39 is 16.5 Å². The number of aromatic nitrogens is 1. The van der Waals surface area contributed by atoms with Gasteiger partial charge in [0.1, 0.15) is 15.6 Å². The van der Waals surface area contributed by atoms with E-state index in [0.29, 0.717) is 15.6 Å². The van der Waals surface area contributed by atoms with Crippen LogP contribution in [-0.4, -0.2) is 23.7 Å². The highest BCUT2D eigenvalue weighted by Gasteiger charge is 2.32. The summed E-state index contributed by atoms with van der Waals surface area (Å²) >= 11 is 4.40. The molecule has 1 heterocycles. The van der Waals surface area contributed by atoms with Crippen LogP contribution in [0.15, 0.2) is 0 Å². The molecule has 0 aliphatic carbocycles. The van der Waals surface area contributed by atoms with Gasteiger partial charge in [0, 0.05) is 0 Å². The first-order chi connectivity index (χ1) is 7.27. The number of nitrogens with zero attached hydrogens (tertiary/aromatic N) is 1. The van der Waals surface area contributed by atoms with Crippen LogP contribution in [0.4, 0.5) is 4.39 Å². The van der Waals surface area contributed by atoms with E-state index in [2.05, 4.69) is 25.7 Å². The minimum absolute atomic E-state index is 0.422. The fourth-order valence-electron chi connectivity index (χ4n) is 1.10. The number of halogens is 2. The van der Waals surface area contributed by atoms with Gasteiger partial charge in [0.05, 0.1) is 17.6 Å². The molecular weight excluding hydrogens is 297 g/mol. The van der Waals surface area contributed by atoms with Crippen molar-refractivity contribution in [1.82, 2.24) is 4.98 Å². The summed E-state index contributed by atoms with van der Waals surface area (Å²) in [6.45, 7) is 4.62. The Balaban J connectivity index is 3.06. The van der Waals surface area contributed by atoms with Crippen molar-refractivity contribution in [3.8, 4) is 0 Å². The van der Waals surface area contributed by atoms with Crippen molar-refractivity contribution in [3.63, 3.8) is 0 Å². The summed E-state index contributed by atoms with van der Waals surface area (Å²) in [5.74, 6) is -0.433. The molecule has 0 bridgehead atoms. The maximum atomic E-state index is 13.7. The number of alkyl halides is 2. The van der Waals surface area contributed by atoms with Crippen LogP contribution in [0, 0.1) is 6.92 Å². The molecule has 0 radical (unpaired) electrons. The highest BCUT2D eigenvalue weighted by atomic mass is 79.9. The van der Waals surface area contributed by atoms with E-state index >= 15 is 0 Å². The number of thiazole rings is 1. The lowest BCUT2D eigenvalue weighted by atomic mass is 10.1. The molecule has 90 valence electrons. The third-order valence-corrected chi connectivity index (χ3v) is 5.03. The van der Waals surface area contributed by atoms with Gasteiger partial charge in [-0.1, -0.05) is 15.9 Å².